The molecule has 0 fully saturated rings. The van der Waals surface area contributed by atoms with Crippen molar-refractivity contribution in [3.63, 3.8) is 0 Å². The summed E-state index contributed by atoms with van der Waals surface area (Å²) in [6.45, 7) is 0. The summed E-state index contributed by atoms with van der Waals surface area (Å²) in [5, 5.41) is 2.41. The van der Waals surface area contributed by atoms with Crippen LogP contribution in [0.5, 0.6) is 0 Å². The van der Waals surface area contributed by atoms with Gasteiger partial charge < -0.3 is 10.5 Å². The largest absolute Gasteiger partial charge is 0.465 e. The first-order valence-corrected chi connectivity index (χ1v) is 6.11. The molecule has 1 heterocycles. The molecule has 0 bridgehead atoms. The van der Waals surface area contributed by atoms with Gasteiger partial charge >= 0.3 is 5.97 Å². The first kappa shape index (κ1) is 12.0. The number of nitrogens with two attached hydrogens (primary N) is 1. The van der Waals surface area contributed by atoms with Crippen LogP contribution in [0.3, 0.4) is 0 Å². The molecular weight excluding hydrogens is 258 g/mol. The molecule has 2 rings (SSSR count). The van der Waals surface area contributed by atoms with Gasteiger partial charge in [-0.25, -0.2) is 4.79 Å². The zero-order valence-corrected chi connectivity index (χ0v) is 10.6. The molecule has 0 atom stereocenters. The Morgan fingerprint density at radius 3 is 2.71 bits per heavy atom. The Kier molecular flexibility index (Phi) is 3.36. The summed E-state index contributed by atoms with van der Waals surface area (Å²) in [5.74, 6) is -0.425. The number of carbonyl (C=O) groups is 1. The molecule has 3 nitrogen and oxygen atoms in total. The topological polar surface area (TPSA) is 52.3 Å². The molecule has 0 aliphatic heterocycles. The number of halogens is 1. The Balaban J connectivity index is 2.52. The van der Waals surface area contributed by atoms with Crippen molar-refractivity contribution in [2.24, 2.45) is 0 Å². The van der Waals surface area contributed by atoms with Crippen LogP contribution in [0.4, 0.5) is 5.69 Å². The van der Waals surface area contributed by atoms with Crippen molar-refractivity contribution in [2.75, 3.05) is 12.8 Å². The van der Waals surface area contributed by atoms with Crippen molar-refractivity contribution in [1.29, 1.82) is 0 Å². The number of rotatable bonds is 2. The number of hydrogen-bond acceptors (Lipinski definition) is 4. The van der Waals surface area contributed by atoms with E-state index < -0.39 is 5.97 Å². The third-order valence-corrected chi connectivity index (χ3v) is 3.67. The molecule has 0 saturated heterocycles. The number of nitrogen functional groups attached to an aromatic ring is 1. The second-order valence-electron chi connectivity index (χ2n) is 3.36. The molecule has 2 aromatic rings. The predicted octanol–water partition coefficient (Wildman–Crippen LogP) is 3.44. The van der Waals surface area contributed by atoms with Gasteiger partial charge in [0.15, 0.2) is 0 Å². The lowest BCUT2D eigenvalue weighted by Crippen LogP contribution is -2.02. The average Bonchev–Trinajstić information content (AvgIpc) is 2.71. The third kappa shape index (κ3) is 2.14. The number of thiophene rings is 1. The number of anilines is 1. The van der Waals surface area contributed by atoms with E-state index in [-0.39, 0.29) is 0 Å². The molecule has 17 heavy (non-hydrogen) atoms. The molecule has 2 N–H and O–H groups in total. The molecule has 0 saturated carbocycles. The number of carbonyl (C=O) groups excluding carboxylic acids is 1. The highest BCUT2D eigenvalue weighted by atomic mass is 35.5. The van der Waals surface area contributed by atoms with E-state index >= 15 is 0 Å². The molecule has 0 spiro atoms. The monoisotopic (exact) mass is 267 g/mol. The SMILES string of the molecule is COC(=O)c1scc(-c2ccccc2Cl)c1N. The standard InChI is InChI=1S/C12H10ClNO2S/c1-16-12(15)11-10(14)8(6-17-11)7-4-2-3-5-9(7)13/h2-6H,14H2,1H3. The van der Waals surface area contributed by atoms with Gasteiger partial charge in [-0.15, -0.1) is 11.3 Å². The molecule has 5 heteroatoms. The molecule has 0 radical (unpaired) electrons. The summed E-state index contributed by atoms with van der Waals surface area (Å²) in [6.07, 6.45) is 0. The van der Waals surface area contributed by atoms with E-state index in [9.17, 15) is 4.79 Å². The van der Waals surface area contributed by atoms with Crippen molar-refractivity contribution in [3.05, 3.63) is 39.5 Å². The third-order valence-electron chi connectivity index (χ3n) is 2.36. The lowest BCUT2D eigenvalue weighted by Gasteiger charge is -2.03. The van der Waals surface area contributed by atoms with E-state index in [4.69, 9.17) is 17.3 Å². The number of hydrogen-bond donors (Lipinski definition) is 1. The molecule has 1 aromatic carbocycles. The summed E-state index contributed by atoms with van der Waals surface area (Å²) in [5.41, 5.74) is 7.93. The Morgan fingerprint density at radius 2 is 2.06 bits per heavy atom. The Bertz CT molecular complexity index is 565. The summed E-state index contributed by atoms with van der Waals surface area (Å²) < 4.78 is 4.66. The average molecular weight is 268 g/mol. The van der Waals surface area contributed by atoms with Crippen LogP contribution >= 0.6 is 22.9 Å². The number of methoxy groups -OCH3 is 1. The number of benzene rings is 1. The van der Waals surface area contributed by atoms with E-state index in [1.165, 1.54) is 18.4 Å². The van der Waals surface area contributed by atoms with Crippen molar-refractivity contribution in [2.45, 2.75) is 0 Å². The van der Waals surface area contributed by atoms with Gasteiger partial charge in [-0.05, 0) is 6.07 Å². The minimum Gasteiger partial charge on any atom is -0.465 e. The lowest BCUT2D eigenvalue weighted by molar-refractivity contribution is 0.0607. The Hall–Kier alpha value is -1.52. The van der Waals surface area contributed by atoms with E-state index in [0.29, 0.717) is 15.6 Å². The minimum absolute atomic E-state index is 0.405. The highest BCUT2D eigenvalue weighted by Crippen LogP contribution is 2.37. The fourth-order valence-electron chi connectivity index (χ4n) is 1.51. The van der Waals surface area contributed by atoms with Crippen LogP contribution in [-0.2, 0) is 4.74 Å². The van der Waals surface area contributed by atoms with Gasteiger partial charge in [0.05, 0.1) is 12.8 Å². The molecule has 0 amide bonds. The summed E-state index contributed by atoms with van der Waals surface area (Å²) in [6, 6.07) is 7.36. The van der Waals surface area contributed by atoms with Crippen molar-refractivity contribution in [1.82, 2.24) is 0 Å². The first-order valence-electron chi connectivity index (χ1n) is 4.85. The molecule has 0 unspecified atom stereocenters. The smallest absolute Gasteiger partial charge is 0.350 e. The summed E-state index contributed by atoms with van der Waals surface area (Å²) in [7, 11) is 1.33. The molecule has 88 valence electrons. The second kappa shape index (κ2) is 4.77. The Labute approximate surface area is 108 Å². The predicted molar refractivity (Wildman–Crippen MR) is 70.5 cm³/mol. The zero-order chi connectivity index (χ0) is 12.4. The van der Waals surface area contributed by atoms with Crippen molar-refractivity contribution in [3.8, 4) is 11.1 Å². The Morgan fingerprint density at radius 1 is 1.35 bits per heavy atom. The normalized spacial score (nSPS) is 10.2. The van der Waals surface area contributed by atoms with Gasteiger partial charge in [-0.2, -0.15) is 0 Å². The quantitative estimate of drug-likeness (QED) is 0.848. The van der Waals surface area contributed by atoms with E-state index in [1.54, 1.807) is 6.07 Å². The second-order valence-corrected chi connectivity index (χ2v) is 4.65. The number of esters is 1. The molecule has 1 aromatic heterocycles. The van der Waals surface area contributed by atoms with E-state index in [2.05, 4.69) is 4.74 Å². The highest BCUT2D eigenvalue weighted by Gasteiger charge is 2.18. The van der Waals surface area contributed by atoms with Crippen LogP contribution in [0.1, 0.15) is 9.67 Å². The van der Waals surface area contributed by atoms with E-state index in [1.807, 2.05) is 23.6 Å². The van der Waals surface area contributed by atoms with Crippen LogP contribution in [0.15, 0.2) is 29.6 Å². The molecule has 0 aliphatic carbocycles. The summed E-state index contributed by atoms with van der Waals surface area (Å²) >= 11 is 7.34. The zero-order valence-electron chi connectivity index (χ0n) is 9.07. The molecule has 0 aliphatic rings. The van der Waals surface area contributed by atoms with Gasteiger partial charge in [0.25, 0.3) is 0 Å². The fraction of sp³-hybridized carbons (Fsp3) is 0.0833. The van der Waals surface area contributed by atoms with Crippen LogP contribution < -0.4 is 5.73 Å². The maximum atomic E-state index is 11.4. The van der Waals surface area contributed by atoms with Crippen LogP contribution in [0.25, 0.3) is 11.1 Å². The molecular formula is C12H10ClNO2S. The maximum Gasteiger partial charge on any atom is 0.350 e. The number of ether oxygens (including phenoxy) is 1. The lowest BCUT2D eigenvalue weighted by atomic mass is 10.1. The van der Waals surface area contributed by atoms with Crippen molar-refractivity contribution < 1.29 is 9.53 Å². The van der Waals surface area contributed by atoms with Crippen LogP contribution in [0, 0.1) is 0 Å². The minimum atomic E-state index is -0.425. The van der Waals surface area contributed by atoms with Gasteiger partial charge in [-0.3, -0.25) is 0 Å². The van der Waals surface area contributed by atoms with Crippen LogP contribution in [-0.4, -0.2) is 13.1 Å². The first-order chi connectivity index (χ1) is 8.15. The van der Waals surface area contributed by atoms with E-state index in [0.717, 1.165) is 11.1 Å². The maximum absolute atomic E-state index is 11.4. The summed E-state index contributed by atoms with van der Waals surface area (Å²) in [4.78, 5) is 11.8. The van der Waals surface area contributed by atoms with Gasteiger partial charge in [0.2, 0.25) is 0 Å². The fourth-order valence-corrected chi connectivity index (χ4v) is 2.65. The highest BCUT2D eigenvalue weighted by molar-refractivity contribution is 7.13. The van der Waals surface area contributed by atoms with Crippen molar-refractivity contribution >= 4 is 34.6 Å². The van der Waals surface area contributed by atoms with Gasteiger partial charge in [0, 0.05) is 21.5 Å². The van der Waals surface area contributed by atoms with Gasteiger partial charge in [-0.1, -0.05) is 29.8 Å². The van der Waals surface area contributed by atoms with Gasteiger partial charge in [0.1, 0.15) is 4.88 Å². The van der Waals surface area contributed by atoms with Crippen LogP contribution in [0.2, 0.25) is 5.02 Å².